The Bertz CT molecular complexity index is 382. The summed E-state index contributed by atoms with van der Waals surface area (Å²) in [5, 5.41) is 5.03. The fraction of sp³-hybridized carbons (Fsp3) is 0.769. The second-order valence-corrected chi connectivity index (χ2v) is 6.81. The van der Waals surface area contributed by atoms with Crippen molar-refractivity contribution in [2.45, 2.75) is 44.7 Å². The third-order valence-corrected chi connectivity index (χ3v) is 4.94. The summed E-state index contributed by atoms with van der Waals surface area (Å²) in [5.41, 5.74) is 0.435. The molecule has 1 aromatic rings. The third-order valence-electron chi connectivity index (χ3n) is 4.04. The van der Waals surface area contributed by atoms with Gasteiger partial charge in [0.1, 0.15) is 5.01 Å². The van der Waals surface area contributed by atoms with E-state index in [1.165, 1.54) is 48.7 Å². The number of thiazole rings is 1. The summed E-state index contributed by atoms with van der Waals surface area (Å²) in [6.07, 6.45) is 7.52. The van der Waals surface area contributed by atoms with Gasteiger partial charge in [0.15, 0.2) is 0 Å². The van der Waals surface area contributed by atoms with Crippen LogP contribution in [0.5, 0.6) is 0 Å². The summed E-state index contributed by atoms with van der Waals surface area (Å²) in [4.78, 5) is 8.39. The van der Waals surface area contributed by atoms with Gasteiger partial charge in [-0.15, -0.1) is 11.3 Å². The fourth-order valence-electron chi connectivity index (χ4n) is 3.23. The van der Waals surface area contributed by atoms with Crippen molar-refractivity contribution in [3.8, 4) is 0 Å². The van der Waals surface area contributed by atoms with E-state index in [-0.39, 0.29) is 0 Å². The van der Waals surface area contributed by atoms with Crippen molar-refractivity contribution in [1.29, 1.82) is 0 Å². The summed E-state index contributed by atoms with van der Waals surface area (Å²) in [7, 11) is 0. The standard InChI is InChI=1S/C13H21N3S/c1-11-8-14-12(17-11)9-16-7-6-15-13(10-16)4-2-3-5-13/h8,15H,2-7,9-10H2,1H3. The number of aryl methyl sites for hydroxylation is 1. The molecule has 1 aliphatic heterocycles. The molecule has 0 aromatic carbocycles. The number of piperazine rings is 1. The van der Waals surface area contributed by atoms with Gasteiger partial charge in [0.05, 0.1) is 6.54 Å². The summed E-state index contributed by atoms with van der Waals surface area (Å²) >= 11 is 1.84. The summed E-state index contributed by atoms with van der Waals surface area (Å²) < 4.78 is 0. The van der Waals surface area contributed by atoms with E-state index in [9.17, 15) is 0 Å². The molecular formula is C13H21N3S. The van der Waals surface area contributed by atoms with E-state index in [1.54, 1.807) is 0 Å². The maximum absolute atomic E-state index is 4.48. The SMILES string of the molecule is Cc1cnc(CN2CCNC3(CCCC3)C2)s1. The molecule has 3 rings (SSSR count). The lowest BCUT2D eigenvalue weighted by Gasteiger charge is -2.41. The first-order valence-corrected chi connectivity index (χ1v) is 7.46. The molecule has 2 fully saturated rings. The average molecular weight is 251 g/mol. The molecule has 2 aliphatic rings. The minimum absolute atomic E-state index is 0.435. The molecule has 0 radical (unpaired) electrons. The normalized spacial score (nSPS) is 24.5. The van der Waals surface area contributed by atoms with Crippen LogP contribution in [0.3, 0.4) is 0 Å². The Morgan fingerprint density at radius 3 is 3.00 bits per heavy atom. The molecule has 2 heterocycles. The highest BCUT2D eigenvalue weighted by molar-refractivity contribution is 7.11. The van der Waals surface area contributed by atoms with Gasteiger partial charge in [0.2, 0.25) is 0 Å². The topological polar surface area (TPSA) is 28.2 Å². The largest absolute Gasteiger partial charge is 0.309 e. The van der Waals surface area contributed by atoms with Crippen LogP contribution in [-0.2, 0) is 6.54 Å². The van der Waals surface area contributed by atoms with E-state index in [4.69, 9.17) is 0 Å². The van der Waals surface area contributed by atoms with E-state index in [0.29, 0.717) is 5.54 Å². The minimum Gasteiger partial charge on any atom is -0.309 e. The van der Waals surface area contributed by atoms with Crippen LogP contribution in [0.4, 0.5) is 0 Å². The number of hydrogen-bond acceptors (Lipinski definition) is 4. The highest BCUT2D eigenvalue weighted by atomic mass is 32.1. The number of aromatic nitrogens is 1. The number of hydrogen-bond donors (Lipinski definition) is 1. The van der Waals surface area contributed by atoms with E-state index in [1.807, 2.05) is 17.5 Å². The van der Waals surface area contributed by atoms with Crippen LogP contribution in [0, 0.1) is 6.92 Å². The molecule has 0 atom stereocenters. The molecule has 1 saturated heterocycles. The van der Waals surface area contributed by atoms with E-state index in [0.717, 1.165) is 13.1 Å². The fourth-order valence-corrected chi connectivity index (χ4v) is 4.06. The Morgan fingerprint density at radius 1 is 1.47 bits per heavy atom. The number of nitrogens with zero attached hydrogens (tertiary/aromatic N) is 2. The zero-order valence-corrected chi connectivity index (χ0v) is 11.4. The molecule has 1 N–H and O–H groups in total. The predicted octanol–water partition coefficient (Wildman–Crippen LogP) is 2.17. The molecule has 3 nitrogen and oxygen atoms in total. The Hall–Kier alpha value is -0.450. The van der Waals surface area contributed by atoms with Gasteiger partial charge < -0.3 is 5.32 Å². The molecule has 1 saturated carbocycles. The molecule has 1 aromatic heterocycles. The lowest BCUT2D eigenvalue weighted by molar-refractivity contribution is 0.128. The molecule has 94 valence electrons. The van der Waals surface area contributed by atoms with Gasteiger partial charge in [-0.1, -0.05) is 12.8 Å². The monoisotopic (exact) mass is 251 g/mol. The molecule has 0 amide bonds. The lowest BCUT2D eigenvalue weighted by Crippen LogP contribution is -2.58. The zero-order valence-electron chi connectivity index (χ0n) is 10.5. The molecule has 1 aliphatic carbocycles. The van der Waals surface area contributed by atoms with Gasteiger partial charge >= 0.3 is 0 Å². The number of rotatable bonds is 2. The highest BCUT2D eigenvalue weighted by Gasteiger charge is 2.37. The van der Waals surface area contributed by atoms with Gasteiger partial charge in [-0.25, -0.2) is 4.98 Å². The van der Waals surface area contributed by atoms with E-state index < -0.39 is 0 Å². The summed E-state index contributed by atoms with van der Waals surface area (Å²) in [6, 6.07) is 0. The molecule has 1 spiro atoms. The summed E-state index contributed by atoms with van der Waals surface area (Å²) in [6.45, 7) is 6.70. The van der Waals surface area contributed by atoms with Crippen LogP contribution in [0.1, 0.15) is 35.6 Å². The van der Waals surface area contributed by atoms with Crippen LogP contribution < -0.4 is 5.32 Å². The van der Waals surface area contributed by atoms with Crippen molar-refractivity contribution in [1.82, 2.24) is 15.2 Å². The second kappa shape index (κ2) is 4.67. The third kappa shape index (κ3) is 2.54. The van der Waals surface area contributed by atoms with E-state index >= 15 is 0 Å². The zero-order chi connectivity index (χ0) is 11.7. The van der Waals surface area contributed by atoms with Crippen LogP contribution in [0.2, 0.25) is 0 Å². The molecule has 0 bridgehead atoms. The Labute approximate surface area is 107 Å². The van der Waals surface area contributed by atoms with Gasteiger partial charge in [-0.2, -0.15) is 0 Å². The minimum atomic E-state index is 0.435. The molecular weight excluding hydrogens is 230 g/mol. The van der Waals surface area contributed by atoms with Gasteiger partial charge in [0, 0.05) is 36.2 Å². The van der Waals surface area contributed by atoms with Crippen molar-refractivity contribution in [2.75, 3.05) is 19.6 Å². The van der Waals surface area contributed by atoms with Crippen LogP contribution >= 0.6 is 11.3 Å². The molecule has 4 heteroatoms. The maximum Gasteiger partial charge on any atom is 0.107 e. The maximum atomic E-state index is 4.48. The lowest BCUT2D eigenvalue weighted by atomic mass is 9.94. The first-order chi connectivity index (χ1) is 8.26. The van der Waals surface area contributed by atoms with Gasteiger partial charge in [-0.3, -0.25) is 4.90 Å². The second-order valence-electron chi connectivity index (χ2n) is 5.49. The van der Waals surface area contributed by atoms with Crippen molar-refractivity contribution < 1.29 is 0 Å². The average Bonchev–Trinajstić information content (AvgIpc) is 2.89. The van der Waals surface area contributed by atoms with Gasteiger partial charge in [0.25, 0.3) is 0 Å². The Morgan fingerprint density at radius 2 is 2.29 bits per heavy atom. The Balaban J connectivity index is 1.64. The summed E-state index contributed by atoms with van der Waals surface area (Å²) in [5.74, 6) is 0. The smallest absolute Gasteiger partial charge is 0.107 e. The van der Waals surface area contributed by atoms with Crippen molar-refractivity contribution in [2.24, 2.45) is 0 Å². The Kier molecular flexibility index (Phi) is 3.19. The van der Waals surface area contributed by atoms with Crippen LogP contribution in [0.15, 0.2) is 6.20 Å². The van der Waals surface area contributed by atoms with E-state index in [2.05, 4.69) is 22.1 Å². The molecule has 0 unspecified atom stereocenters. The van der Waals surface area contributed by atoms with Gasteiger partial charge in [-0.05, 0) is 19.8 Å². The highest BCUT2D eigenvalue weighted by Crippen LogP contribution is 2.32. The van der Waals surface area contributed by atoms with Crippen molar-refractivity contribution >= 4 is 11.3 Å². The number of nitrogens with one attached hydrogen (secondary N) is 1. The van der Waals surface area contributed by atoms with Crippen molar-refractivity contribution in [3.05, 3.63) is 16.1 Å². The first-order valence-electron chi connectivity index (χ1n) is 6.65. The van der Waals surface area contributed by atoms with Crippen LogP contribution in [0.25, 0.3) is 0 Å². The first kappa shape index (κ1) is 11.6. The van der Waals surface area contributed by atoms with Crippen LogP contribution in [-0.4, -0.2) is 35.1 Å². The quantitative estimate of drug-likeness (QED) is 0.873. The molecule has 17 heavy (non-hydrogen) atoms. The predicted molar refractivity (Wildman–Crippen MR) is 71.3 cm³/mol. The van der Waals surface area contributed by atoms with Crippen molar-refractivity contribution in [3.63, 3.8) is 0 Å².